The Hall–Kier alpha value is -0.920. The fourth-order valence-corrected chi connectivity index (χ4v) is 1.41. The average Bonchev–Trinajstić information content (AvgIpc) is 2.02. The Kier molecular flexibility index (Phi) is 3.25. The van der Waals surface area contributed by atoms with Gasteiger partial charge in [0.1, 0.15) is 0 Å². The van der Waals surface area contributed by atoms with Gasteiger partial charge in [-0.1, -0.05) is 32.9 Å². The molecule has 1 rings (SSSR count). The van der Waals surface area contributed by atoms with Crippen LogP contribution in [0.3, 0.4) is 0 Å². The molecule has 0 aliphatic carbocycles. The van der Waals surface area contributed by atoms with Gasteiger partial charge in [0.05, 0.1) is 0 Å². The van der Waals surface area contributed by atoms with Crippen molar-refractivity contribution in [1.29, 1.82) is 0 Å². The van der Waals surface area contributed by atoms with Gasteiger partial charge in [-0.05, 0) is 23.1 Å². The molecule has 0 radical (unpaired) electrons. The number of hydrogen-bond donors (Lipinski definition) is 1. The Bertz CT molecular complexity index is 324. The van der Waals surface area contributed by atoms with E-state index in [4.69, 9.17) is 4.89 Å². The number of benzene rings is 1. The summed E-state index contributed by atoms with van der Waals surface area (Å²) in [6.45, 7) is 6.32. The Morgan fingerprint density at radius 1 is 1.21 bits per heavy atom. The molecule has 3 nitrogen and oxygen atoms in total. The third kappa shape index (κ3) is 3.09. The van der Waals surface area contributed by atoms with E-state index in [2.05, 4.69) is 25.3 Å². The normalized spacial score (nSPS) is 12.4. The molecule has 0 heterocycles. The Balaban J connectivity index is 2.84. The zero-order valence-electron chi connectivity index (χ0n) is 8.52. The molecular weight excluding hydrogens is 199 g/mol. The highest BCUT2D eigenvalue weighted by Crippen LogP contribution is 2.27. The fourth-order valence-electron chi connectivity index (χ4n) is 1.11. The maximum absolute atomic E-state index is 10.4. The van der Waals surface area contributed by atoms with Crippen LogP contribution in [-0.4, -0.2) is 4.89 Å². The van der Waals surface area contributed by atoms with Crippen molar-refractivity contribution in [2.45, 2.75) is 26.2 Å². The van der Waals surface area contributed by atoms with Gasteiger partial charge in [0.15, 0.2) is 5.75 Å². The quantitative estimate of drug-likeness (QED) is 0.768. The molecule has 0 aliphatic heterocycles. The van der Waals surface area contributed by atoms with Gasteiger partial charge >= 0.3 is 8.25 Å². The number of hydrogen-bond acceptors (Lipinski definition) is 2. The molecule has 1 atom stereocenters. The Morgan fingerprint density at radius 2 is 1.71 bits per heavy atom. The van der Waals surface area contributed by atoms with Crippen molar-refractivity contribution in [2.75, 3.05) is 0 Å². The van der Waals surface area contributed by atoms with Crippen molar-refractivity contribution in [1.82, 2.24) is 0 Å². The maximum atomic E-state index is 10.4. The van der Waals surface area contributed by atoms with Crippen LogP contribution in [0.15, 0.2) is 24.3 Å². The summed E-state index contributed by atoms with van der Waals surface area (Å²) in [6, 6.07) is 7.19. The summed E-state index contributed by atoms with van der Waals surface area (Å²) in [6.07, 6.45) is 0. The van der Waals surface area contributed by atoms with E-state index in [9.17, 15) is 4.57 Å². The fraction of sp³-hybridized carbons (Fsp3) is 0.400. The van der Waals surface area contributed by atoms with E-state index < -0.39 is 8.25 Å². The van der Waals surface area contributed by atoms with Crippen LogP contribution in [0, 0.1) is 0 Å². The Labute approximate surface area is 84.7 Å². The van der Waals surface area contributed by atoms with Crippen LogP contribution in [0.4, 0.5) is 0 Å². The van der Waals surface area contributed by atoms with E-state index in [1.54, 1.807) is 12.1 Å². The topological polar surface area (TPSA) is 46.5 Å². The molecule has 14 heavy (non-hydrogen) atoms. The van der Waals surface area contributed by atoms with Crippen LogP contribution >= 0.6 is 8.25 Å². The zero-order valence-corrected chi connectivity index (χ0v) is 9.41. The van der Waals surface area contributed by atoms with Gasteiger partial charge in [-0.15, -0.1) is 4.89 Å². The van der Waals surface area contributed by atoms with E-state index in [-0.39, 0.29) is 5.41 Å². The van der Waals surface area contributed by atoms with E-state index in [0.29, 0.717) is 5.75 Å². The molecule has 76 valence electrons. The molecule has 0 bridgehead atoms. The second-order valence-electron chi connectivity index (χ2n) is 4.10. The standard InChI is InChI=1S/C10H13O3P/c1-10(2,3)8-4-6-9(7-5-8)13-14(11)12/h4-7H,1-3H3/p+1. The molecule has 1 aromatic carbocycles. The molecule has 1 aromatic rings. The van der Waals surface area contributed by atoms with E-state index in [1.165, 1.54) is 0 Å². The van der Waals surface area contributed by atoms with Crippen molar-refractivity contribution in [3.05, 3.63) is 29.8 Å². The van der Waals surface area contributed by atoms with Gasteiger partial charge < -0.3 is 0 Å². The number of rotatable bonds is 2. The lowest BCUT2D eigenvalue weighted by Crippen LogP contribution is -2.10. The zero-order chi connectivity index (χ0) is 10.8. The van der Waals surface area contributed by atoms with Crippen LogP contribution in [0.1, 0.15) is 26.3 Å². The molecule has 0 fully saturated rings. The monoisotopic (exact) mass is 213 g/mol. The predicted octanol–water partition coefficient (Wildman–Crippen LogP) is 3.01. The molecule has 0 spiro atoms. The van der Waals surface area contributed by atoms with Crippen molar-refractivity contribution >= 4 is 8.25 Å². The predicted molar refractivity (Wildman–Crippen MR) is 55.6 cm³/mol. The Morgan fingerprint density at radius 3 is 2.07 bits per heavy atom. The van der Waals surface area contributed by atoms with Crippen LogP contribution in [-0.2, 0) is 9.98 Å². The molecule has 0 aliphatic rings. The van der Waals surface area contributed by atoms with Crippen molar-refractivity contribution in [3.63, 3.8) is 0 Å². The second kappa shape index (κ2) is 4.07. The summed E-state index contributed by atoms with van der Waals surface area (Å²) in [4.78, 5) is 8.52. The SMILES string of the molecule is CC(C)(C)c1ccc(O[P+](=O)O)cc1. The van der Waals surface area contributed by atoms with Gasteiger partial charge in [-0.3, -0.25) is 0 Å². The maximum Gasteiger partial charge on any atom is 0.747 e. The van der Waals surface area contributed by atoms with Gasteiger partial charge in [0, 0.05) is 4.57 Å². The minimum absolute atomic E-state index is 0.0833. The first-order valence-electron chi connectivity index (χ1n) is 4.34. The van der Waals surface area contributed by atoms with E-state index in [1.807, 2.05) is 12.1 Å². The summed E-state index contributed by atoms with van der Waals surface area (Å²) in [5, 5.41) is 0. The third-order valence-electron chi connectivity index (χ3n) is 1.90. The van der Waals surface area contributed by atoms with E-state index >= 15 is 0 Å². The lowest BCUT2D eigenvalue weighted by Gasteiger charge is -2.18. The minimum atomic E-state index is -2.56. The van der Waals surface area contributed by atoms with Crippen LogP contribution in [0.5, 0.6) is 5.75 Å². The molecule has 0 saturated heterocycles. The molecule has 0 aromatic heterocycles. The summed E-state index contributed by atoms with van der Waals surface area (Å²) in [7, 11) is -2.56. The first-order chi connectivity index (χ1) is 6.39. The molecule has 0 saturated carbocycles. The van der Waals surface area contributed by atoms with Crippen LogP contribution in [0.2, 0.25) is 0 Å². The summed E-state index contributed by atoms with van der Waals surface area (Å²) in [5.41, 5.74) is 1.25. The first kappa shape index (κ1) is 11.2. The first-order valence-corrected chi connectivity index (χ1v) is 5.47. The van der Waals surface area contributed by atoms with Crippen molar-refractivity contribution in [2.24, 2.45) is 0 Å². The highest BCUT2D eigenvalue weighted by Gasteiger charge is 2.16. The lowest BCUT2D eigenvalue weighted by atomic mass is 9.87. The van der Waals surface area contributed by atoms with E-state index in [0.717, 1.165) is 5.56 Å². The highest BCUT2D eigenvalue weighted by atomic mass is 31.1. The van der Waals surface area contributed by atoms with Crippen LogP contribution in [0.25, 0.3) is 0 Å². The molecule has 4 heteroatoms. The summed E-state index contributed by atoms with van der Waals surface area (Å²) >= 11 is 0. The van der Waals surface area contributed by atoms with Crippen LogP contribution < -0.4 is 4.52 Å². The average molecular weight is 213 g/mol. The molecule has 1 unspecified atom stereocenters. The summed E-state index contributed by atoms with van der Waals surface area (Å²) < 4.78 is 15.0. The third-order valence-corrected chi connectivity index (χ3v) is 2.27. The smallest absolute Gasteiger partial charge is 0.229 e. The van der Waals surface area contributed by atoms with Gasteiger partial charge in [0.25, 0.3) is 0 Å². The highest BCUT2D eigenvalue weighted by molar-refractivity contribution is 7.32. The van der Waals surface area contributed by atoms with Crippen molar-refractivity contribution < 1.29 is 14.0 Å². The van der Waals surface area contributed by atoms with Gasteiger partial charge in [0.2, 0.25) is 0 Å². The molecular formula is C10H14O3P+. The molecule has 1 N–H and O–H groups in total. The minimum Gasteiger partial charge on any atom is -0.229 e. The molecule has 0 amide bonds. The largest absolute Gasteiger partial charge is 0.747 e. The van der Waals surface area contributed by atoms with Crippen molar-refractivity contribution in [3.8, 4) is 5.75 Å². The summed E-state index contributed by atoms with van der Waals surface area (Å²) in [5.74, 6) is 0.418. The van der Waals surface area contributed by atoms with Gasteiger partial charge in [-0.25, -0.2) is 4.52 Å². The second-order valence-corrected chi connectivity index (χ2v) is 4.76. The van der Waals surface area contributed by atoms with Gasteiger partial charge in [-0.2, -0.15) is 0 Å². The lowest BCUT2D eigenvalue weighted by molar-refractivity contribution is 0.410.